The van der Waals surface area contributed by atoms with E-state index in [2.05, 4.69) is 11.4 Å². The Bertz CT molecular complexity index is 953. The second kappa shape index (κ2) is 10.6. The zero-order valence-electron chi connectivity index (χ0n) is 18.4. The number of anilines is 1. The van der Waals surface area contributed by atoms with E-state index >= 15 is 0 Å². The van der Waals surface area contributed by atoms with Crippen molar-refractivity contribution < 1.29 is 14.3 Å². The SMILES string of the molecule is Cc1cc(C#N)cc(C)c1NC(=O)C[PH]1(CC(=O)OCc2ccccc2)CCCCC1. The Labute approximate surface area is 185 Å². The molecule has 6 heteroatoms. The molecule has 0 spiro atoms. The molecule has 0 aromatic heterocycles. The van der Waals surface area contributed by atoms with Crippen molar-refractivity contribution in [1.29, 1.82) is 5.26 Å². The molecule has 3 rings (SSSR count). The first-order valence-corrected chi connectivity index (χ1v) is 13.7. The van der Waals surface area contributed by atoms with E-state index in [4.69, 9.17) is 10.00 Å². The fourth-order valence-electron chi connectivity index (χ4n) is 4.56. The zero-order chi connectivity index (χ0) is 22.3. The molecule has 2 aromatic rings. The van der Waals surface area contributed by atoms with Crippen LogP contribution in [0.25, 0.3) is 0 Å². The molecule has 0 unspecified atom stereocenters. The molecule has 0 radical (unpaired) electrons. The van der Waals surface area contributed by atoms with Gasteiger partial charge in [-0.05, 0) is 0 Å². The van der Waals surface area contributed by atoms with Gasteiger partial charge in [0, 0.05) is 0 Å². The van der Waals surface area contributed by atoms with Crippen molar-refractivity contribution in [2.75, 3.05) is 30.0 Å². The quantitative estimate of drug-likeness (QED) is 0.498. The molecule has 0 bridgehead atoms. The Morgan fingerprint density at radius 3 is 2.29 bits per heavy atom. The van der Waals surface area contributed by atoms with Crippen molar-refractivity contribution in [3.05, 3.63) is 64.7 Å². The first-order chi connectivity index (χ1) is 14.9. The second-order valence-corrected chi connectivity index (χ2v) is 13.4. The first kappa shape index (κ1) is 23.0. The van der Waals surface area contributed by atoms with Crippen LogP contribution in [-0.2, 0) is 20.9 Å². The maximum absolute atomic E-state index is 13.0. The summed E-state index contributed by atoms with van der Waals surface area (Å²) in [7, 11) is -2.09. The monoisotopic (exact) mass is 438 g/mol. The molecule has 1 heterocycles. The number of carbonyl (C=O) groups is 2. The van der Waals surface area contributed by atoms with Crippen LogP contribution in [0, 0.1) is 25.2 Å². The van der Waals surface area contributed by atoms with Gasteiger partial charge in [-0.2, -0.15) is 0 Å². The van der Waals surface area contributed by atoms with Crippen LogP contribution in [0.4, 0.5) is 5.69 Å². The summed E-state index contributed by atoms with van der Waals surface area (Å²) in [4.78, 5) is 25.7. The Balaban J connectivity index is 1.65. The van der Waals surface area contributed by atoms with E-state index in [0.717, 1.165) is 47.5 Å². The molecule has 164 valence electrons. The predicted octanol–water partition coefficient (Wildman–Crippen LogP) is 4.79. The summed E-state index contributed by atoms with van der Waals surface area (Å²) in [6.07, 6.45) is 6.16. The van der Waals surface area contributed by atoms with E-state index in [9.17, 15) is 9.59 Å². The average molecular weight is 439 g/mol. The van der Waals surface area contributed by atoms with E-state index in [1.54, 1.807) is 12.1 Å². The number of ether oxygens (including phenoxy) is 1. The topological polar surface area (TPSA) is 79.2 Å². The summed E-state index contributed by atoms with van der Waals surface area (Å²) < 4.78 is 5.55. The number of rotatable bonds is 7. The molecular formula is C25H31N2O3P. The Morgan fingerprint density at radius 2 is 1.68 bits per heavy atom. The van der Waals surface area contributed by atoms with Crippen LogP contribution in [0.5, 0.6) is 0 Å². The van der Waals surface area contributed by atoms with E-state index in [1.807, 2.05) is 44.2 Å². The van der Waals surface area contributed by atoms with Gasteiger partial charge in [0.25, 0.3) is 0 Å². The van der Waals surface area contributed by atoms with Crippen molar-refractivity contribution in [2.45, 2.75) is 39.7 Å². The number of amides is 1. The first-order valence-electron chi connectivity index (χ1n) is 10.9. The van der Waals surface area contributed by atoms with E-state index in [1.165, 1.54) is 6.42 Å². The van der Waals surface area contributed by atoms with E-state index < -0.39 is 7.26 Å². The van der Waals surface area contributed by atoms with Gasteiger partial charge in [-0.15, -0.1) is 0 Å². The molecule has 1 N–H and O–H groups in total. The van der Waals surface area contributed by atoms with Gasteiger partial charge in [-0.3, -0.25) is 0 Å². The molecular weight excluding hydrogens is 407 g/mol. The van der Waals surface area contributed by atoms with Gasteiger partial charge in [0.2, 0.25) is 0 Å². The van der Waals surface area contributed by atoms with Crippen molar-refractivity contribution in [3.8, 4) is 6.07 Å². The van der Waals surface area contributed by atoms with Crippen molar-refractivity contribution in [3.63, 3.8) is 0 Å². The minimum absolute atomic E-state index is 0.0275. The average Bonchev–Trinajstić information content (AvgIpc) is 2.76. The fraction of sp³-hybridized carbons (Fsp3) is 0.400. The number of aryl methyl sites for hydroxylation is 2. The van der Waals surface area contributed by atoms with Crippen LogP contribution in [0.2, 0.25) is 0 Å². The third kappa shape index (κ3) is 6.39. The summed E-state index contributed by atoms with van der Waals surface area (Å²) >= 11 is 0. The third-order valence-electron chi connectivity index (χ3n) is 6.14. The van der Waals surface area contributed by atoms with Gasteiger partial charge >= 0.3 is 185 Å². The zero-order valence-corrected chi connectivity index (χ0v) is 19.4. The van der Waals surface area contributed by atoms with Crippen molar-refractivity contribution in [2.24, 2.45) is 0 Å². The van der Waals surface area contributed by atoms with E-state index in [-0.39, 0.29) is 18.5 Å². The van der Waals surface area contributed by atoms with Gasteiger partial charge in [0.05, 0.1) is 0 Å². The Kier molecular flexibility index (Phi) is 7.82. The van der Waals surface area contributed by atoms with Crippen molar-refractivity contribution >= 4 is 24.8 Å². The van der Waals surface area contributed by atoms with Crippen LogP contribution >= 0.6 is 7.26 Å². The van der Waals surface area contributed by atoms with Gasteiger partial charge < -0.3 is 0 Å². The molecule has 2 aromatic carbocycles. The van der Waals surface area contributed by atoms with Gasteiger partial charge in [0.15, 0.2) is 0 Å². The fourth-order valence-corrected chi connectivity index (χ4v) is 9.13. The molecule has 0 aliphatic carbocycles. The number of hydrogen-bond donors (Lipinski definition) is 1. The van der Waals surface area contributed by atoms with Crippen LogP contribution in [0.15, 0.2) is 42.5 Å². The molecule has 1 aliphatic heterocycles. The molecule has 1 aliphatic rings. The molecule has 0 saturated carbocycles. The normalized spacial score (nSPS) is 16.0. The Morgan fingerprint density at radius 1 is 1.03 bits per heavy atom. The van der Waals surface area contributed by atoms with Crippen LogP contribution in [0.3, 0.4) is 0 Å². The molecule has 0 atom stereocenters. The number of nitrogens with one attached hydrogen (secondary N) is 1. The van der Waals surface area contributed by atoms with E-state index in [0.29, 0.717) is 17.9 Å². The number of nitriles is 1. The standard InChI is InChI=1S/C25H31N2O3P/c1-19-13-22(15-26)14-20(2)25(19)27-23(28)17-31(11-7-4-8-12-31)18-24(29)30-16-21-9-5-3-6-10-21/h3,5-6,9-10,13-14,31H,4,7-8,11-12,16-18H2,1-2H3,(H,27,28). The minimum atomic E-state index is -2.09. The summed E-state index contributed by atoms with van der Waals surface area (Å²) in [6, 6.07) is 15.4. The number of esters is 1. The summed E-state index contributed by atoms with van der Waals surface area (Å²) in [5.74, 6) is -0.212. The second-order valence-electron chi connectivity index (χ2n) is 8.71. The number of carbonyl (C=O) groups excluding carboxylic acids is 2. The number of nitrogens with zero attached hydrogens (tertiary/aromatic N) is 1. The van der Waals surface area contributed by atoms with Crippen LogP contribution in [-0.4, -0.2) is 36.5 Å². The summed E-state index contributed by atoms with van der Waals surface area (Å²) in [5.41, 5.74) is 4.10. The van der Waals surface area contributed by atoms with Crippen LogP contribution in [0.1, 0.15) is 41.5 Å². The molecule has 5 nitrogen and oxygen atoms in total. The van der Waals surface area contributed by atoms with Crippen molar-refractivity contribution in [1.82, 2.24) is 0 Å². The number of hydrogen-bond acceptors (Lipinski definition) is 4. The molecule has 1 amide bonds. The van der Waals surface area contributed by atoms with Crippen LogP contribution < -0.4 is 5.32 Å². The molecule has 1 fully saturated rings. The van der Waals surface area contributed by atoms with Gasteiger partial charge in [-0.25, -0.2) is 0 Å². The Hall–Kier alpha value is -2.70. The summed E-state index contributed by atoms with van der Waals surface area (Å²) in [5, 5.41) is 12.2. The molecule has 1 saturated heterocycles. The van der Waals surface area contributed by atoms with Gasteiger partial charge in [0.1, 0.15) is 0 Å². The maximum atomic E-state index is 13.0. The summed E-state index contributed by atoms with van der Waals surface area (Å²) in [6.45, 7) is 4.08. The third-order valence-corrected chi connectivity index (χ3v) is 11.1. The predicted molar refractivity (Wildman–Crippen MR) is 127 cm³/mol. The molecule has 31 heavy (non-hydrogen) atoms. The number of benzene rings is 2. The van der Waals surface area contributed by atoms with Gasteiger partial charge in [-0.1, -0.05) is 0 Å².